The summed E-state index contributed by atoms with van der Waals surface area (Å²) in [5.41, 5.74) is 0.953. The number of sulfonamides is 1. The Morgan fingerprint density at radius 2 is 1.78 bits per heavy atom. The standard InChI is InChI=1S/C23H20ClN3O4S/c1-16(23(28)26-19-7-5-6-17(14-19)15-25)27(21-8-3-4-9-22(21)31-2)32(29,30)20-12-10-18(24)11-13-20/h3-14,16H,1-2H3,(H,26,28)/t16-/m1/s1. The molecule has 0 aliphatic heterocycles. The molecule has 0 spiro atoms. The molecule has 0 unspecified atom stereocenters. The smallest absolute Gasteiger partial charge is 0.265 e. The molecule has 164 valence electrons. The number of nitrogens with zero attached hydrogens (tertiary/aromatic N) is 2. The highest BCUT2D eigenvalue weighted by atomic mass is 35.5. The number of halogens is 1. The van der Waals surface area contributed by atoms with Crippen LogP contribution in [0.1, 0.15) is 12.5 Å². The molecule has 0 fully saturated rings. The summed E-state index contributed by atoms with van der Waals surface area (Å²) in [7, 11) is -2.75. The first-order valence-corrected chi connectivity index (χ1v) is 11.3. The number of hydrogen-bond acceptors (Lipinski definition) is 5. The molecule has 32 heavy (non-hydrogen) atoms. The van der Waals surface area contributed by atoms with Crippen LogP contribution in [0.3, 0.4) is 0 Å². The van der Waals surface area contributed by atoms with Crippen LogP contribution in [0.15, 0.2) is 77.7 Å². The predicted octanol–water partition coefficient (Wildman–Crippen LogP) is 4.44. The maximum Gasteiger partial charge on any atom is 0.265 e. The van der Waals surface area contributed by atoms with Gasteiger partial charge in [-0.1, -0.05) is 29.8 Å². The molecule has 0 aliphatic carbocycles. The van der Waals surface area contributed by atoms with Crippen molar-refractivity contribution in [3.63, 3.8) is 0 Å². The van der Waals surface area contributed by atoms with Gasteiger partial charge >= 0.3 is 0 Å². The molecule has 0 saturated carbocycles. The SMILES string of the molecule is COc1ccccc1N([C@H](C)C(=O)Nc1cccc(C#N)c1)S(=O)(=O)c1ccc(Cl)cc1. The number of para-hydroxylation sites is 2. The maximum absolute atomic E-state index is 13.6. The number of nitriles is 1. The number of amides is 1. The van der Waals surface area contributed by atoms with Crippen molar-refractivity contribution in [3.8, 4) is 11.8 Å². The van der Waals surface area contributed by atoms with Crippen molar-refractivity contribution in [2.75, 3.05) is 16.7 Å². The fourth-order valence-electron chi connectivity index (χ4n) is 3.10. The third-order valence-corrected chi connectivity index (χ3v) is 6.83. The van der Waals surface area contributed by atoms with E-state index < -0.39 is 22.0 Å². The van der Waals surface area contributed by atoms with Gasteiger partial charge in [-0.25, -0.2) is 8.42 Å². The summed E-state index contributed by atoms with van der Waals surface area (Å²) in [5, 5.41) is 12.1. The van der Waals surface area contributed by atoms with Crippen LogP contribution >= 0.6 is 11.6 Å². The Labute approximate surface area is 191 Å². The number of nitrogens with one attached hydrogen (secondary N) is 1. The van der Waals surface area contributed by atoms with Crippen LogP contribution in [0.5, 0.6) is 5.75 Å². The Morgan fingerprint density at radius 3 is 2.44 bits per heavy atom. The minimum Gasteiger partial charge on any atom is -0.495 e. The largest absolute Gasteiger partial charge is 0.495 e. The molecule has 0 bridgehead atoms. The molecular weight excluding hydrogens is 450 g/mol. The number of carbonyl (C=O) groups excluding carboxylic acids is 1. The number of rotatable bonds is 7. The summed E-state index contributed by atoms with van der Waals surface area (Å²) >= 11 is 5.92. The van der Waals surface area contributed by atoms with E-state index in [1.165, 1.54) is 44.4 Å². The molecule has 1 amide bonds. The molecule has 0 aromatic heterocycles. The van der Waals surface area contributed by atoms with Gasteiger partial charge in [-0.3, -0.25) is 9.10 Å². The number of carbonyl (C=O) groups is 1. The van der Waals surface area contributed by atoms with Crippen LogP contribution in [0, 0.1) is 11.3 Å². The lowest BCUT2D eigenvalue weighted by molar-refractivity contribution is -0.116. The van der Waals surface area contributed by atoms with Crippen molar-refractivity contribution >= 4 is 38.9 Å². The topological polar surface area (TPSA) is 99.5 Å². The third kappa shape index (κ3) is 4.85. The van der Waals surface area contributed by atoms with Crippen molar-refractivity contribution in [3.05, 3.63) is 83.4 Å². The molecule has 3 rings (SSSR count). The van der Waals surface area contributed by atoms with Crippen LogP contribution < -0.4 is 14.4 Å². The first kappa shape index (κ1) is 23.1. The van der Waals surface area contributed by atoms with E-state index in [1.54, 1.807) is 42.5 Å². The van der Waals surface area contributed by atoms with E-state index in [4.69, 9.17) is 21.6 Å². The molecule has 0 radical (unpaired) electrons. The summed E-state index contributed by atoms with van der Waals surface area (Å²) in [6.07, 6.45) is 0. The van der Waals surface area contributed by atoms with Crippen molar-refractivity contribution in [2.24, 2.45) is 0 Å². The van der Waals surface area contributed by atoms with Gasteiger partial charge in [-0.15, -0.1) is 0 Å². The van der Waals surface area contributed by atoms with Crippen molar-refractivity contribution < 1.29 is 17.9 Å². The average Bonchev–Trinajstić information content (AvgIpc) is 2.79. The summed E-state index contributed by atoms with van der Waals surface area (Å²) in [6.45, 7) is 1.48. The lowest BCUT2D eigenvalue weighted by Gasteiger charge is -2.30. The van der Waals surface area contributed by atoms with Crippen LogP contribution in [0.4, 0.5) is 11.4 Å². The van der Waals surface area contributed by atoms with Gasteiger partial charge in [0.1, 0.15) is 11.8 Å². The summed E-state index contributed by atoms with van der Waals surface area (Å²) in [5.74, 6) is -0.292. The van der Waals surface area contributed by atoms with Gasteiger partial charge in [0.25, 0.3) is 10.0 Å². The minimum absolute atomic E-state index is 0.0288. The van der Waals surface area contributed by atoms with Gasteiger partial charge in [0, 0.05) is 10.7 Å². The molecule has 1 N–H and O–H groups in total. The molecule has 9 heteroatoms. The Balaban J connectivity index is 2.06. The Hall–Kier alpha value is -3.54. The minimum atomic E-state index is -4.17. The van der Waals surface area contributed by atoms with Crippen molar-refractivity contribution in [2.45, 2.75) is 17.9 Å². The maximum atomic E-state index is 13.6. The predicted molar refractivity (Wildman–Crippen MR) is 123 cm³/mol. The number of benzene rings is 3. The molecule has 0 aliphatic rings. The number of hydrogen-bond donors (Lipinski definition) is 1. The van der Waals surface area contributed by atoms with Crippen molar-refractivity contribution in [1.29, 1.82) is 5.26 Å². The quantitative estimate of drug-likeness (QED) is 0.551. The molecule has 0 saturated heterocycles. The zero-order valence-electron chi connectivity index (χ0n) is 17.3. The lowest BCUT2D eigenvalue weighted by atomic mass is 10.2. The summed E-state index contributed by atoms with van der Waals surface area (Å²) in [4.78, 5) is 13.1. The lowest BCUT2D eigenvalue weighted by Crippen LogP contribution is -2.46. The second kappa shape index (κ2) is 9.73. The van der Waals surface area contributed by atoms with Gasteiger partial charge in [-0.05, 0) is 61.5 Å². The third-order valence-electron chi connectivity index (χ3n) is 4.68. The van der Waals surface area contributed by atoms with Crippen LogP contribution in [-0.2, 0) is 14.8 Å². The van der Waals surface area contributed by atoms with Gasteiger partial charge in [0.2, 0.25) is 5.91 Å². The second-order valence-corrected chi connectivity index (χ2v) is 9.04. The fourth-order valence-corrected chi connectivity index (χ4v) is 4.85. The van der Waals surface area contributed by atoms with E-state index in [-0.39, 0.29) is 16.3 Å². The van der Waals surface area contributed by atoms with E-state index in [1.807, 2.05) is 6.07 Å². The Morgan fingerprint density at radius 1 is 1.09 bits per heavy atom. The van der Waals surface area contributed by atoms with E-state index >= 15 is 0 Å². The number of anilines is 2. The Kier molecular flexibility index (Phi) is 7.03. The molecule has 0 heterocycles. The molecule has 7 nitrogen and oxygen atoms in total. The monoisotopic (exact) mass is 469 g/mol. The van der Waals surface area contributed by atoms with Crippen LogP contribution in [0.25, 0.3) is 0 Å². The van der Waals surface area contributed by atoms with E-state index in [0.29, 0.717) is 16.3 Å². The van der Waals surface area contributed by atoms with Gasteiger partial charge < -0.3 is 10.1 Å². The Bertz CT molecular complexity index is 1270. The second-order valence-electron chi connectivity index (χ2n) is 6.78. The van der Waals surface area contributed by atoms with Crippen molar-refractivity contribution in [1.82, 2.24) is 0 Å². The zero-order chi connectivity index (χ0) is 23.3. The normalized spacial score (nSPS) is 11.8. The highest BCUT2D eigenvalue weighted by molar-refractivity contribution is 7.93. The van der Waals surface area contributed by atoms with Gasteiger partial charge in [0.15, 0.2) is 0 Å². The van der Waals surface area contributed by atoms with E-state index in [9.17, 15) is 13.2 Å². The fraction of sp³-hybridized carbons (Fsp3) is 0.130. The highest BCUT2D eigenvalue weighted by Crippen LogP contribution is 2.34. The molecule has 1 atom stereocenters. The average molecular weight is 470 g/mol. The number of ether oxygens (including phenoxy) is 1. The summed E-state index contributed by atoms with van der Waals surface area (Å²) < 4.78 is 33.6. The molecule has 3 aromatic carbocycles. The first-order valence-electron chi connectivity index (χ1n) is 9.52. The van der Waals surface area contributed by atoms with Crippen LogP contribution in [-0.4, -0.2) is 27.5 Å². The van der Waals surface area contributed by atoms with Gasteiger partial charge in [0.05, 0.1) is 29.3 Å². The van der Waals surface area contributed by atoms with Gasteiger partial charge in [-0.2, -0.15) is 5.26 Å². The van der Waals surface area contributed by atoms with E-state index in [0.717, 1.165) is 4.31 Å². The highest BCUT2D eigenvalue weighted by Gasteiger charge is 2.35. The molecule has 3 aromatic rings. The molecular formula is C23H20ClN3O4S. The number of methoxy groups -OCH3 is 1. The van der Waals surface area contributed by atoms with E-state index in [2.05, 4.69) is 5.32 Å². The zero-order valence-corrected chi connectivity index (χ0v) is 18.9. The van der Waals surface area contributed by atoms with Crippen LogP contribution in [0.2, 0.25) is 5.02 Å². The summed E-state index contributed by atoms with van der Waals surface area (Å²) in [6, 6.07) is 19.4. The first-order chi connectivity index (χ1) is 15.3.